The lowest BCUT2D eigenvalue weighted by Gasteiger charge is -2.06. The van der Waals surface area contributed by atoms with Crippen molar-refractivity contribution in [1.29, 1.82) is 0 Å². The van der Waals surface area contributed by atoms with Crippen molar-refractivity contribution in [2.75, 3.05) is 5.32 Å². The molecule has 0 heterocycles. The fourth-order valence-corrected chi connectivity index (χ4v) is 2.29. The number of benzene rings is 3. The van der Waals surface area contributed by atoms with Gasteiger partial charge in [-0.3, -0.25) is 9.59 Å². The van der Waals surface area contributed by atoms with Crippen LogP contribution in [-0.2, 0) is 0 Å². The van der Waals surface area contributed by atoms with Gasteiger partial charge in [-0.25, -0.2) is 0 Å². The minimum Gasteiger partial charge on any atom is -0.322 e. The van der Waals surface area contributed by atoms with E-state index in [9.17, 15) is 9.59 Å². The number of aldehydes is 1. The van der Waals surface area contributed by atoms with Crippen LogP contribution in [0.25, 0.3) is 11.1 Å². The van der Waals surface area contributed by atoms with Crippen LogP contribution in [0, 0.1) is 0 Å². The fraction of sp³-hybridized carbons (Fsp3) is 0. The minimum atomic E-state index is -0.140. The molecule has 0 aliphatic carbocycles. The molecular formula is C20H15NO2. The maximum Gasteiger partial charge on any atom is 0.255 e. The summed E-state index contributed by atoms with van der Waals surface area (Å²) in [6.45, 7) is 0. The second kappa shape index (κ2) is 6.71. The Morgan fingerprint density at radius 1 is 0.739 bits per heavy atom. The molecular weight excluding hydrogens is 286 g/mol. The van der Waals surface area contributed by atoms with E-state index in [4.69, 9.17) is 0 Å². The normalized spacial score (nSPS) is 10.1. The van der Waals surface area contributed by atoms with Crippen molar-refractivity contribution in [3.63, 3.8) is 0 Å². The zero-order chi connectivity index (χ0) is 16.1. The van der Waals surface area contributed by atoms with Crippen molar-refractivity contribution in [3.05, 3.63) is 90.0 Å². The molecule has 1 N–H and O–H groups in total. The van der Waals surface area contributed by atoms with Crippen LogP contribution in [0.2, 0.25) is 0 Å². The molecule has 0 bridgehead atoms. The zero-order valence-corrected chi connectivity index (χ0v) is 12.4. The lowest BCUT2D eigenvalue weighted by molar-refractivity contribution is 0.102. The highest BCUT2D eigenvalue weighted by molar-refractivity contribution is 6.04. The Balaban J connectivity index is 1.75. The van der Waals surface area contributed by atoms with E-state index in [0.29, 0.717) is 11.1 Å². The molecule has 0 saturated carbocycles. The summed E-state index contributed by atoms with van der Waals surface area (Å²) < 4.78 is 0. The lowest BCUT2D eigenvalue weighted by atomic mass is 10.0. The number of nitrogens with one attached hydrogen (secondary N) is 1. The summed E-state index contributed by atoms with van der Waals surface area (Å²) in [5, 5.41) is 2.85. The molecule has 0 aliphatic rings. The van der Waals surface area contributed by atoms with E-state index in [2.05, 4.69) is 5.32 Å². The summed E-state index contributed by atoms with van der Waals surface area (Å²) >= 11 is 0. The van der Waals surface area contributed by atoms with Crippen LogP contribution in [0.15, 0.2) is 78.9 Å². The predicted molar refractivity (Wildman–Crippen MR) is 91.7 cm³/mol. The Kier molecular flexibility index (Phi) is 4.29. The molecule has 3 aromatic carbocycles. The van der Waals surface area contributed by atoms with Crippen LogP contribution in [0.4, 0.5) is 5.69 Å². The first-order valence-corrected chi connectivity index (χ1v) is 7.28. The quantitative estimate of drug-likeness (QED) is 0.725. The molecule has 0 saturated heterocycles. The van der Waals surface area contributed by atoms with Crippen LogP contribution >= 0.6 is 0 Å². The molecule has 0 aliphatic heterocycles. The first-order valence-electron chi connectivity index (χ1n) is 7.28. The van der Waals surface area contributed by atoms with Gasteiger partial charge in [0.15, 0.2) is 0 Å². The minimum absolute atomic E-state index is 0.140. The van der Waals surface area contributed by atoms with Gasteiger partial charge in [-0.05, 0) is 35.4 Å². The predicted octanol–water partition coefficient (Wildman–Crippen LogP) is 4.42. The van der Waals surface area contributed by atoms with Gasteiger partial charge in [-0.2, -0.15) is 0 Å². The van der Waals surface area contributed by atoms with Crippen molar-refractivity contribution in [1.82, 2.24) is 0 Å². The molecule has 1 amide bonds. The van der Waals surface area contributed by atoms with E-state index >= 15 is 0 Å². The Hall–Kier alpha value is -3.20. The summed E-state index contributed by atoms with van der Waals surface area (Å²) in [6, 6.07) is 24.1. The topological polar surface area (TPSA) is 46.2 Å². The molecule has 0 atom stereocenters. The van der Waals surface area contributed by atoms with E-state index < -0.39 is 0 Å². The number of carbonyl (C=O) groups is 2. The van der Waals surface area contributed by atoms with Gasteiger partial charge in [0.1, 0.15) is 6.29 Å². The van der Waals surface area contributed by atoms with Crippen molar-refractivity contribution in [2.24, 2.45) is 0 Å². The number of amides is 1. The Morgan fingerprint density at radius 3 is 1.87 bits per heavy atom. The average Bonchev–Trinajstić information content (AvgIpc) is 2.63. The standard InChI is InChI=1S/C20H15NO2/c22-14-15-6-8-16(9-7-15)17-10-12-18(13-11-17)20(23)21-19-4-2-1-3-5-19/h1-14H,(H,21,23). The third-order valence-corrected chi connectivity index (χ3v) is 3.56. The number of hydrogen-bond donors (Lipinski definition) is 1. The van der Waals surface area contributed by atoms with Gasteiger partial charge in [0, 0.05) is 16.8 Å². The first-order chi connectivity index (χ1) is 11.3. The van der Waals surface area contributed by atoms with E-state index in [1.54, 1.807) is 24.3 Å². The number of anilines is 1. The van der Waals surface area contributed by atoms with Crippen molar-refractivity contribution in [2.45, 2.75) is 0 Å². The molecule has 0 spiro atoms. The molecule has 3 rings (SSSR count). The SMILES string of the molecule is O=Cc1ccc(-c2ccc(C(=O)Nc3ccccc3)cc2)cc1. The number of hydrogen-bond acceptors (Lipinski definition) is 2. The summed E-state index contributed by atoms with van der Waals surface area (Å²) in [7, 11) is 0. The Bertz CT molecular complexity index is 807. The molecule has 0 fully saturated rings. The summed E-state index contributed by atoms with van der Waals surface area (Å²) in [4.78, 5) is 22.9. The summed E-state index contributed by atoms with van der Waals surface area (Å²) in [5.41, 5.74) is 4.02. The van der Waals surface area contributed by atoms with Crippen molar-refractivity contribution >= 4 is 17.9 Å². The Labute approximate surface area is 134 Å². The highest BCUT2D eigenvalue weighted by Gasteiger charge is 2.06. The van der Waals surface area contributed by atoms with Crippen LogP contribution in [-0.4, -0.2) is 12.2 Å². The number of carbonyl (C=O) groups excluding carboxylic acids is 2. The molecule has 0 radical (unpaired) electrons. The van der Waals surface area contributed by atoms with Crippen molar-refractivity contribution < 1.29 is 9.59 Å². The molecule has 3 aromatic rings. The highest BCUT2D eigenvalue weighted by atomic mass is 16.1. The first kappa shape index (κ1) is 14.7. The average molecular weight is 301 g/mol. The summed E-state index contributed by atoms with van der Waals surface area (Å²) in [5.74, 6) is -0.140. The van der Waals surface area contributed by atoms with E-state index in [0.717, 1.165) is 23.1 Å². The molecule has 23 heavy (non-hydrogen) atoms. The molecule has 3 heteroatoms. The highest BCUT2D eigenvalue weighted by Crippen LogP contribution is 2.20. The molecule has 0 unspecified atom stereocenters. The second-order valence-corrected chi connectivity index (χ2v) is 5.14. The lowest BCUT2D eigenvalue weighted by Crippen LogP contribution is -2.11. The van der Waals surface area contributed by atoms with Crippen molar-refractivity contribution in [3.8, 4) is 11.1 Å². The van der Waals surface area contributed by atoms with Gasteiger partial charge in [0.25, 0.3) is 5.91 Å². The number of rotatable bonds is 4. The van der Waals surface area contributed by atoms with Gasteiger partial charge >= 0.3 is 0 Å². The third kappa shape index (κ3) is 3.52. The zero-order valence-electron chi connectivity index (χ0n) is 12.4. The Morgan fingerprint density at radius 2 is 1.30 bits per heavy atom. The van der Waals surface area contributed by atoms with E-state index in [1.165, 1.54) is 0 Å². The molecule has 3 nitrogen and oxygen atoms in total. The monoisotopic (exact) mass is 301 g/mol. The fourth-order valence-electron chi connectivity index (χ4n) is 2.29. The third-order valence-electron chi connectivity index (χ3n) is 3.56. The van der Waals surface area contributed by atoms with Gasteiger partial charge in [-0.15, -0.1) is 0 Å². The van der Waals surface area contributed by atoms with Crippen LogP contribution in [0.5, 0.6) is 0 Å². The summed E-state index contributed by atoms with van der Waals surface area (Å²) in [6.07, 6.45) is 0.820. The van der Waals surface area contributed by atoms with Gasteiger partial charge in [0.2, 0.25) is 0 Å². The molecule has 0 aromatic heterocycles. The largest absolute Gasteiger partial charge is 0.322 e. The molecule has 112 valence electrons. The smallest absolute Gasteiger partial charge is 0.255 e. The van der Waals surface area contributed by atoms with Crippen LogP contribution in [0.1, 0.15) is 20.7 Å². The van der Waals surface area contributed by atoms with E-state index in [1.807, 2.05) is 54.6 Å². The van der Waals surface area contributed by atoms with E-state index in [-0.39, 0.29) is 5.91 Å². The van der Waals surface area contributed by atoms with Gasteiger partial charge in [0.05, 0.1) is 0 Å². The van der Waals surface area contributed by atoms with Gasteiger partial charge < -0.3 is 5.32 Å². The maximum atomic E-state index is 12.2. The van der Waals surface area contributed by atoms with Crippen LogP contribution in [0.3, 0.4) is 0 Å². The second-order valence-electron chi connectivity index (χ2n) is 5.14. The maximum absolute atomic E-state index is 12.2. The van der Waals surface area contributed by atoms with Gasteiger partial charge in [-0.1, -0.05) is 54.6 Å². The number of para-hydroxylation sites is 1. The van der Waals surface area contributed by atoms with Crippen LogP contribution < -0.4 is 5.32 Å².